The zero-order valence-corrected chi connectivity index (χ0v) is 15.4. The first kappa shape index (κ1) is 18.9. The van der Waals surface area contributed by atoms with Gasteiger partial charge in [0.15, 0.2) is 0 Å². The molecule has 2 fully saturated rings. The van der Waals surface area contributed by atoms with Crippen molar-refractivity contribution >= 4 is 11.9 Å². The van der Waals surface area contributed by atoms with Gasteiger partial charge >= 0.3 is 11.9 Å². The number of esters is 2. The highest BCUT2D eigenvalue weighted by atomic mass is 16.6. The first-order valence-electron chi connectivity index (χ1n) is 8.91. The summed E-state index contributed by atoms with van der Waals surface area (Å²) in [6.07, 6.45) is 0.555. The molecule has 0 unspecified atom stereocenters. The van der Waals surface area contributed by atoms with E-state index in [1.54, 1.807) is 6.92 Å². The van der Waals surface area contributed by atoms with Crippen LogP contribution in [0.25, 0.3) is 0 Å². The lowest BCUT2D eigenvalue weighted by Gasteiger charge is -2.34. The summed E-state index contributed by atoms with van der Waals surface area (Å²) in [6.45, 7) is 12.5. The minimum atomic E-state index is -1.10. The smallest absolute Gasteiger partial charge is 0.336 e. The van der Waals surface area contributed by atoms with Gasteiger partial charge in [-0.1, -0.05) is 24.8 Å². The standard InChI is InChI=1S/C20H26O6/c1-9-6-7-13-15(9)17-16(11(3)19(23)26-17)14(8-20(13,5)24)25-18(22)10(2)12(4)21/h6,12-17,21,24H,2-3,7-8H2,1,4-5H3/t12-,13-,14-,15+,16-,17-,20-/m1/s1. The maximum atomic E-state index is 12.3. The molecule has 7 atom stereocenters. The summed E-state index contributed by atoms with van der Waals surface area (Å²) in [5.74, 6) is -2.03. The van der Waals surface area contributed by atoms with Crippen molar-refractivity contribution < 1.29 is 29.3 Å². The maximum Gasteiger partial charge on any atom is 0.336 e. The molecule has 142 valence electrons. The van der Waals surface area contributed by atoms with Gasteiger partial charge in [-0.3, -0.25) is 0 Å². The Morgan fingerprint density at radius 2 is 2.12 bits per heavy atom. The van der Waals surface area contributed by atoms with E-state index in [1.165, 1.54) is 6.92 Å². The molecule has 0 spiro atoms. The molecule has 3 rings (SSSR count). The Labute approximate surface area is 153 Å². The van der Waals surface area contributed by atoms with Crippen LogP contribution in [-0.4, -0.2) is 46.1 Å². The number of aliphatic hydroxyl groups is 2. The van der Waals surface area contributed by atoms with Crippen LogP contribution in [0, 0.1) is 17.8 Å². The van der Waals surface area contributed by atoms with Gasteiger partial charge in [-0.25, -0.2) is 9.59 Å². The topological polar surface area (TPSA) is 93.1 Å². The fourth-order valence-electron chi connectivity index (χ4n) is 4.57. The number of ether oxygens (including phenoxy) is 2. The summed E-state index contributed by atoms with van der Waals surface area (Å²) < 4.78 is 11.2. The molecule has 0 amide bonds. The summed E-state index contributed by atoms with van der Waals surface area (Å²) in [4.78, 5) is 24.5. The van der Waals surface area contributed by atoms with Crippen LogP contribution in [0.4, 0.5) is 0 Å². The van der Waals surface area contributed by atoms with Crippen LogP contribution in [0.15, 0.2) is 36.0 Å². The predicted octanol–water partition coefficient (Wildman–Crippen LogP) is 1.67. The first-order valence-corrected chi connectivity index (χ1v) is 8.91. The minimum Gasteiger partial charge on any atom is -0.458 e. The summed E-state index contributed by atoms with van der Waals surface area (Å²) in [7, 11) is 0. The molecule has 1 heterocycles. The molecule has 0 aromatic rings. The second-order valence-electron chi connectivity index (χ2n) is 7.94. The number of fused-ring (bicyclic) bond motifs is 3. The average molecular weight is 362 g/mol. The Morgan fingerprint density at radius 1 is 1.46 bits per heavy atom. The van der Waals surface area contributed by atoms with Crippen molar-refractivity contribution in [3.63, 3.8) is 0 Å². The number of rotatable bonds is 3. The summed E-state index contributed by atoms with van der Waals surface area (Å²) in [6, 6.07) is 0. The second kappa shape index (κ2) is 6.35. The molecule has 0 aromatic heterocycles. The van der Waals surface area contributed by atoms with E-state index in [9.17, 15) is 19.8 Å². The van der Waals surface area contributed by atoms with Gasteiger partial charge in [0.05, 0.1) is 23.2 Å². The Hall–Kier alpha value is -1.92. The fraction of sp³-hybridized carbons (Fsp3) is 0.600. The largest absolute Gasteiger partial charge is 0.458 e. The highest BCUT2D eigenvalue weighted by molar-refractivity contribution is 5.92. The minimum absolute atomic E-state index is 0.0717. The van der Waals surface area contributed by atoms with Crippen molar-refractivity contribution in [3.8, 4) is 0 Å². The van der Waals surface area contributed by atoms with Gasteiger partial charge < -0.3 is 19.7 Å². The van der Waals surface area contributed by atoms with Gasteiger partial charge in [0, 0.05) is 23.8 Å². The maximum absolute atomic E-state index is 12.3. The molecule has 0 radical (unpaired) electrons. The third-order valence-electron chi connectivity index (χ3n) is 6.11. The van der Waals surface area contributed by atoms with E-state index in [2.05, 4.69) is 19.2 Å². The lowest BCUT2D eigenvalue weighted by Crippen LogP contribution is -2.40. The predicted molar refractivity (Wildman–Crippen MR) is 93.8 cm³/mol. The molecule has 26 heavy (non-hydrogen) atoms. The lowest BCUT2D eigenvalue weighted by atomic mass is 9.76. The molecule has 6 heteroatoms. The van der Waals surface area contributed by atoms with Gasteiger partial charge in [-0.15, -0.1) is 0 Å². The zero-order chi connectivity index (χ0) is 19.4. The van der Waals surface area contributed by atoms with Gasteiger partial charge in [0.2, 0.25) is 0 Å². The Bertz CT molecular complexity index is 701. The van der Waals surface area contributed by atoms with Crippen LogP contribution in [0.2, 0.25) is 0 Å². The van der Waals surface area contributed by atoms with Crippen molar-refractivity contribution in [1.29, 1.82) is 0 Å². The molecule has 3 aliphatic rings. The van der Waals surface area contributed by atoms with Crippen LogP contribution in [0.5, 0.6) is 0 Å². The third-order valence-corrected chi connectivity index (χ3v) is 6.11. The van der Waals surface area contributed by atoms with E-state index in [-0.39, 0.29) is 29.4 Å². The number of allylic oxidation sites excluding steroid dienone is 1. The average Bonchev–Trinajstić information content (AvgIpc) is 3.03. The van der Waals surface area contributed by atoms with Crippen molar-refractivity contribution in [3.05, 3.63) is 36.0 Å². The van der Waals surface area contributed by atoms with E-state index in [4.69, 9.17) is 9.47 Å². The number of aliphatic hydroxyl groups excluding tert-OH is 1. The summed E-state index contributed by atoms with van der Waals surface area (Å²) >= 11 is 0. The number of hydrogen-bond donors (Lipinski definition) is 2. The van der Waals surface area contributed by atoms with E-state index in [1.807, 2.05) is 6.92 Å². The van der Waals surface area contributed by atoms with Crippen LogP contribution in [0.1, 0.15) is 33.6 Å². The van der Waals surface area contributed by atoms with E-state index in [0.29, 0.717) is 6.42 Å². The number of carbonyl (C=O) groups is 2. The molecule has 1 aliphatic heterocycles. The van der Waals surface area contributed by atoms with Crippen molar-refractivity contribution in [1.82, 2.24) is 0 Å². The molecular weight excluding hydrogens is 336 g/mol. The lowest BCUT2D eigenvalue weighted by molar-refractivity contribution is -0.151. The third kappa shape index (κ3) is 2.91. The van der Waals surface area contributed by atoms with Gasteiger partial charge in [0.1, 0.15) is 12.2 Å². The van der Waals surface area contributed by atoms with Crippen LogP contribution in [0.3, 0.4) is 0 Å². The Kier molecular flexibility index (Phi) is 4.61. The van der Waals surface area contributed by atoms with Crippen molar-refractivity contribution in [2.45, 2.75) is 57.5 Å². The summed E-state index contributed by atoms with van der Waals surface area (Å²) in [5.41, 5.74) is 0.143. The van der Waals surface area contributed by atoms with Crippen LogP contribution < -0.4 is 0 Å². The molecular formula is C20H26O6. The van der Waals surface area contributed by atoms with Crippen LogP contribution >= 0.6 is 0 Å². The molecule has 6 nitrogen and oxygen atoms in total. The quantitative estimate of drug-likeness (QED) is 0.451. The fourth-order valence-corrected chi connectivity index (χ4v) is 4.57. The Morgan fingerprint density at radius 3 is 2.73 bits per heavy atom. The normalized spacial score (nSPS) is 40.0. The first-order chi connectivity index (χ1) is 12.0. The second-order valence-corrected chi connectivity index (χ2v) is 7.94. The van der Waals surface area contributed by atoms with Gasteiger partial charge in [0.25, 0.3) is 0 Å². The molecule has 0 aromatic carbocycles. The number of carbonyl (C=O) groups excluding carboxylic acids is 2. The van der Waals surface area contributed by atoms with E-state index < -0.39 is 41.8 Å². The summed E-state index contributed by atoms with van der Waals surface area (Å²) in [5, 5.41) is 20.7. The highest BCUT2D eigenvalue weighted by Crippen LogP contribution is 2.52. The van der Waals surface area contributed by atoms with Crippen molar-refractivity contribution in [2.75, 3.05) is 0 Å². The van der Waals surface area contributed by atoms with E-state index in [0.717, 1.165) is 5.57 Å². The molecule has 0 bridgehead atoms. The SMILES string of the molecule is C=C1C(=O)O[C@@H]2[C@H]3C(C)=CC[C@H]3[C@](C)(O)C[C@@H](OC(=O)C(=C)[C@@H](C)O)[C@@H]12. The monoisotopic (exact) mass is 362 g/mol. The zero-order valence-electron chi connectivity index (χ0n) is 15.4. The highest BCUT2D eigenvalue weighted by Gasteiger charge is 2.58. The van der Waals surface area contributed by atoms with Gasteiger partial charge in [-0.05, 0) is 27.2 Å². The van der Waals surface area contributed by atoms with E-state index >= 15 is 0 Å². The van der Waals surface area contributed by atoms with Crippen molar-refractivity contribution in [2.24, 2.45) is 17.8 Å². The molecule has 2 N–H and O–H groups in total. The van der Waals surface area contributed by atoms with Gasteiger partial charge in [-0.2, -0.15) is 0 Å². The molecule has 1 saturated carbocycles. The molecule has 2 aliphatic carbocycles. The molecule has 1 saturated heterocycles. The Balaban J connectivity index is 1.97. The number of hydrogen-bond acceptors (Lipinski definition) is 6. The van der Waals surface area contributed by atoms with Crippen LogP contribution in [-0.2, 0) is 19.1 Å².